The molecule has 0 bridgehead atoms. The number of benzene rings is 9. The van der Waals surface area contributed by atoms with Gasteiger partial charge in [0.15, 0.2) is 17.5 Å². The minimum absolute atomic E-state index is 0.648. The van der Waals surface area contributed by atoms with Gasteiger partial charge < -0.3 is 4.57 Å². The number of hydrogen-bond donors (Lipinski definition) is 0. The van der Waals surface area contributed by atoms with Crippen LogP contribution in [-0.2, 0) is 0 Å². The van der Waals surface area contributed by atoms with Crippen molar-refractivity contribution < 1.29 is 0 Å². The van der Waals surface area contributed by atoms with E-state index in [1.165, 1.54) is 69.6 Å². The zero-order chi connectivity index (χ0) is 39.6. The van der Waals surface area contributed by atoms with Crippen LogP contribution in [0.1, 0.15) is 0 Å². The van der Waals surface area contributed by atoms with Gasteiger partial charge in [-0.05, 0) is 58.0 Å². The summed E-state index contributed by atoms with van der Waals surface area (Å²) in [5.41, 5.74) is 11.2. The first-order valence-electron chi connectivity index (χ1n) is 20.2. The van der Waals surface area contributed by atoms with Crippen LogP contribution in [0.5, 0.6) is 0 Å². The molecule has 0 radical (unpaired) electrons. The van der Waals surface area contributed by atoms with E-state index >= 15 is 0 Å². The topological polar surface area (TPSA) is 43.6 Å². The Morgan fingerprint density at radius 1 is 0.300 bits per heavy atom. The third-order valence-electron chi connectivity index (χ3n) is 11.7. The Morgan fingerprint density at radius 3 is 1.48 bits per heavy atom. The average molecular weight is 783 g/mol. The Hall–Kier alpha value is -7.73. The van der Waals surface area contributed by atoms with Crippen molar-refractivity contribution in [2.45, 2.75) is 0 Å². The minimum Gasteiger partial charge on any atom is -0.309 e. The van der Waals surface area contributed by atoms with Crippen LogP contribution in [0.2, 0.25) is 0 Å². The van der Waals surface area contributed by atoms with Crippen molar-refractivity contribution in [3.8, 4) is 62.1 Å². The molecule has 3 aromatic heterocycles. The van der Waals surface area contributed by atoms with Crippen LogP contribution >= 0.6 is 11.3 Å². The maximum absolute atomic E-state index is 5.13. The first-order chi connectivity index (χ1) is 29.7. The van der Waals surface area contributed by atoms with Crippen LogP contribution in [0.4, 0.5) is 0 Å². The van der Waals surface area contributed by atoms with Gasteiger partial charge in [0.25, 0.3) is 0 Å². The van der Waals surface area contributed by atoms with E-state index in [9.17, 15) is 0 Å². The molecule has 4 nitrogen and oxygen atoms in total. The fraction of sp³-hybridized carbons (Fsp3) is 0. The van der Waals surface area contributed by atoms with Crippen LogP contribution in [0, 0.1) is 0 Å². The molecular weight excluding hydrogens is 749 g/mol. The van der Waals surface area contributed by atoms with Crippen molar-refractivity contribution >= 4 is 64.1 Å². The van der Waals surface area contributed by atoms with Gasteiger partial charge in [0.2, 0.25) is 0 Å². The van der Waals surface area contributed by atoms with E-state index in [4.69, 9.17) is 15.0 Å². The number of para-hydroxylation sites is 2. The number of fused-ring (bicyclic) bond motifs is 7. The maximum Gasteiger partial charge on any atom is 0.165 e. The summed E-state index contributed by atoms with van der Waals surface area (Å²) in [4.78, 5) is 15.2. The minimum atomic E-state index is 0.648. The molecule has 9 aromatic carbocycles. The Kier molecular flexibility index (Phi) is 8.00. The Morgan fingerprint density at radius 2 is 0.800 bits per heavy atom. The third-order valence-corrected chi connectivity index (χ3v) is 12.9. The summed E-state index contributed by atoms with van der Waals surface area (Å²) in [6.45, 7) is 0. The molecule has 5 heteroatoms. The molecule has 60 heavy (non-hydrogen) atoms. The van der Waals surface area contributed by atoms with Gasteiger partial charge >= 0.3 is 0 Å². The van der Waals surface area contributed by atoms with E-state index in [0.717, 1.165) is 27.8 Å². The summed E-state index contributed by atoms with van der Waals surface area (Å²) in [5, 5.41) is 7.45. The van der Waals surface area contributed by atoms with Crippen LogP contribution in [0.25, 0.3) is 115 Å². The number of thiophene rings is 1. The van der Waals surface area contributed by atoms with Crippen LogP contribution in [0.3, 0.4) is 0 Å². The van der Waals surface area contributed by atoms with E-state index in [0.29, 0.717) is 17.5 Å². The molecular formula is C55H34N4S. The molecule has 12 rings (SSSR count). The summed E-state index contributed by atoms with van der Waals surface area (Å²) in [7, 11) is 0. The number of aromatic nitrogens is 4. The van der Waals surface area contributed by atoms with Gasteiger partial charge in [-0.1, -0.05) is 176 Å². The second-order valence-electron chi connectivity index (χ2n) is 15.2. The van der Waals surface area contributed by atoms with Gasteiger partial charge in [0.05, 0.1) is 16.7 Å². The predicted molar refractivity (Wildman–Crippen MR) is 252 cm³/mol. The van der Waals surface area contributed by atoms with Crippen molar-refractivity contribution in [3.63, 3.8) is 0 Å². The highest BCUT2D eigenvalue weighted by atomic mass is 32.1. The van der Waals surface area contributed by atoms with Crippen LogP contribution in [-0.4, -0.2) is 19.5 Å². The Balaban J connectivity index is 0.897. The molecule has 0 aliphatic rings. The fourth-order valence-corrected chi connectivity index (χ4v) is 10.0. The van der Waals surface area contributed by atoms with Gasteiger partial charge in [0, 0.05) is 53.0 Å². The first-order valence-corrected chi connectivity index (χ1v) is 21.0. The quantitative estimate of drug-likeness (QED) is 0.169. The van der Waals surface area contributed by atoms with E-state index < -0.39 is 0 Å². The highest BCUT2D eigenvalue weighted by Crippen LogP contribution is 2.41. The van der Waals surface area contributed by atoms with Crippen molar-refractivity contribution in [2.75, 3.05) is 0 Å². The molecule has 0 fully saturated rings. The Labute approximate surface area is 350 Å². The lowest BCUT2D eigenvalue weighted by molar-refractivity contribution is 1.08. The predicted octanol–water partition coefficient (Wildman–Crippen LogP) is 14.8. The molecule has 0 aliphatic heterocycles. The molecule has 12 aromatic rings. The monoisotopic (exact) mass is 782 g/mol. The highest BCUT2D eigenvalue weighted by molar-refractivity contribution is 7.26. The van der Waals surface area contributed by atoms with Crippen LogP contribution in [0.15, 0.2) is 206 Å². The van der Waals surface area contributed by atoms with Crippen molar-refractivity contribution in [2.24, 2.45) is 0 Å². The molecule has 3 heterocycles. The van der Waals surface area contributed by atoms with Crippen molar-refractivity contribution in [1.29, 1.82) is 0 Å². The van der Waals surface area contributed by atoms with E-state index in [2.05, 4.69) is 193 Å². The second-order valence-corrected chi connectivity index (χ2v) is 16.2. The normalized spacial score (nSPS) is 11.7. The van der Waals surface area contributed by atoms with E-state index in [1.807, 2.05) is 18.2 Å². The summed E-state index contributed by atoms with van der Waals surface area (Å²) in [6, 6.07) is 73.4. The molecule has 0 saturated heterocycles. The number of rotatable bonds is 6. The lowest BCUT2D eigenvalue weighted by Gasteiger charge is -2.15. The number of nitrogens with zero attached hydrogens (tertiary/aromatic N) is 4. The van der Waals surface area contributed by atoms with Gasteiger partial charge in [-0.3, -0.25) is 0 Å². The first kappa shape index (κ1) is 34.3. The Bertz CT molecular complexity index is 3530. The summed E-state index contributed by atoms with van der Waals surface area (Å²) >= 11 is 1.78. The summed E-state index contributed by atoms with van der Waals surface area (Å²) in [6.07, 6.45) is 0. The van der Waals surface area contributed by atoms with E-state index in [1.54, 1.807) is 11.3 Å². The molecule has 0 aliphatic carbocycles. The van der Waals surface area contributed by atoms with Gasteiger partial charge in [-0.2, -0.15) is 0 Å². The summed E-state index contributed by atoms with van der Waals surface area (Å²) < 4.78 is 4.85. The molecule has 0 spiro atoms. The zero-order valence-corrected chi connectivity index (χ0v) is 33.1. The number of hydrogen-bond acceptors (Lipinski definition) is 4. The molecule has 0 unspecified atom stereocenters. The lowest BCUT2D eigenvalue weighted by atomic mass is 9.95. The summed E-state index contributed by atoms with van der Waals surface area (Å²) in [5.74, 6) is 1.98. The molecule has 0 N–H and O–H groups in total. The smallest absolute Gasteiger partial charge is 0.165 e. The lowest BCUT2D eigenvalue weighted by Crippen LogP contribution is -2.00. The van der Waals surface area contributed by atoms with E-state index in [-0.39, 0.29) is 0 Å². The molecule has 0 atom stereocenters. The fourth-order valence-electron chi connectivity index (χ4n) is 8.83. The SMILES string of the molecule is c1ccc(-c2nc(-c3ccc(-c4ccc(-c5ccc(-n6c7ccccc7c7ccccc76)c6ccccc56)cc4)cc3)nc(-c3cccc4c3sc3ccccc34)n2)cc1. The molecule has 0 saturated carbocycles. The van der Waals surface area contributed by atoms with Gasteiger partial charge in [-0.15, -0.1) is 11.3 Å². The molecule has 0 amide bonds. The second kappa shape index (κ2) is 14.0. The van der Waals surface area contributed by atoms with Crippen molar-refractivity contribution in [1.82, 2.24) is 19.5 Å². The largest absolute Gasteiger partial charge is 0.309 e. The average Bonchev–Trinajstić information content (AvgIpc) is 3.88. The highest BCUT2D eigenvalue weighted by Gasteiger charge is 2.18. The third kappa shape index (κ3) is 5.63. The maximum atomic E-state index is 5.13. The zero-order valence-electron chi connectivity index (χ0n) is 32.3. The van der Waals surface area contributed by atoms with Crippen molar-refractivity contribution in [3.05, 3.63) is 206 Å². The molecule has 280 valence electrons. The standard InChI is InChI=1S/C55H34N4S/c1-2-13-38(14-3-1)53-56-54(58-55(57-53)47-21-12-20-46-45-19-8-11-24-51(45)60-52(46)47)39-31-27-36(28-32-39)35-25-29-37(30-26-35)40-33-34-50(42-16-5-4-15-41(40)42)59-48-22-9-6-17-43(48)44-18-7-10-23-49(44)59/h1-34H. The van der Waals surface area contributed by atoms with Gasteiger partial charge in [0.1, 0.15) is 0 Å². The van der Waals surface area contributed by atoms with Gasteiger partial charge in [-0.25, -0.2) is 15.0 Å². The van der Waals surface area contributed by atoms with Crippen LogP contribution < -0.4 is 0 Å².